The van der Waals surface area contributed by atoms with Crippen molar-refractivity contribution >= 4 is 11.3 Å². The summed E-state index contributed by atoms with van der Waals surface area (Å²) in [5.74, 6) is 0.360. The molecular weight excluding hydrogens is 250 g/mol. The summed E-state index contributed by atoms with van der Waals surface area (Å²) in [6.07, 6.45) is 1.47. The topological polar surface area (TPSA) is 56.9 Å². The first-order valence-electron chi connectivity index (χ1n) is 5.70. The molecule has 2 aromatic heterocycles. The number of aryl methyl sites for hydroxylation is 1. The van der Waals surface area contributed by atoms with E-state index >= 15 is 0 Å². The average Bonchev–Trinajstić information content (AvgIpc) is 2.78. The number of rotatable bonds is 3. The molecule has 96 valence electrons. The van der Waals surface area contributed by atoms with Crippen LogP contribution in [0.5, 0.6) is 0 Å². The van der Waals surface area contributed by atoms with E-state index in [9.17, 15) is 9.59 Å². The minimum Gasteiger partial charge on any atom is -0.303 e. The van der Waals surface area contributed by atoms with Crippen molar-refractivity contribution in [1.29, 1.82) is 0 Å². The molecule has 0 atom stereocenters. The Kier molecular flexibility index (Phi) is 3.47. The van der Waals surface area contributed by atoms with Crippen LogP contribution in [0.1, 0.15) is 30.5 Å². The molecule has 18 heavy (non-hydrogen) atoms. The van der Waals surface area contributed by atoms with Crippen molar-refractivity contribution in [3.8, 4) is 0 Å². The van der Waals surface area contributed by atoms with Crippen LogP contribution in [-0.4, -0.2) is 14.1 Å². The van der Waals surface area contributed by atoms with E-state index in [1.807, 2.05) is 5.38 Å². The molecule has 0 aliphatic rings. The number of hydrogen-bond donors (Lipinski definition) is 0. The standard InChI is InChI=1S/C12H15N3O2S/c1-8(2)11-13-9(7-18-11)6-15-10(16)4-5-14(3)12(15)17/h4-5,7-8H,6H2,1-3H3. The minimum absolute atomic E-state index is 0.232. The lowest BCUT2D eigenvalue weighted by Crippen LogP contribution is -2.38. The quantitative estimate of drug-likeness (QED) is 0.837. The number of thiazole rings is 1. The van der Waals surface area contributed by atoms with Gasteiger partial charge >= 0.3 is 5.69 Å². The summed E-state index contributed by atoms with van der Waals surface area (Å²) in [6.45, 7) is 4.36. The normalized spacial score (nSPS) is 11.1. The molecule has 0 bridgehead atoms. The predicted octanol–water partition coefficient (Wildman–Crippen LogP) is 1.18. The smallest absolute Gasteiger partial charge is 0.303 e. The van der Waals surface area contributed by atoms with Gasteiger partial charge in [0.2, 0.25) is 0 Å². The van der Waals surface area contributed by atoms with Crippen LogP contribution in [0.25, 0.3) is 0 Å². The second-order valence-corrected chi connectivity index (χ2v) is 5.36. The Hall–Kier alpha value is -1.69. The van der Waals surface area contributed by atoms with Crippen LogP contribution >= 0.6 is 11.3 Å². The third-order valence-electron chi connectivity index (χ3n) is 2.62. The summed E-state index contributed by atoms with van der Waals surface area (Å²) >= 11 is 1.56. The summed E-state index contributed by atoms with van der Waals surface area (Å²) in [7, 11) is 1.62. The van der Waals surface area contributed by atoms with Gasteiger partial charge in [-0.1, -0.05) is 13.8 Å². The second kappa shape index (κ2) is 4.89. The van der Waals surface area contributed by atoms with E-state index in [0.717, 1.165) is 10.7 Å². The predicted molar refractivity (Wildman–Crippen MR) is 71.2 cm³/mol. The zero-order chi connectivity index (χ0) is 13.3. The summed E-state index contributed by atoms with van der Waals surface area (Å²) < 4.78 is 2.58. The highest BCUT2D eigenvalue weighted by atomic mass is 32.1. The molecule has 0 aliphatic heterocycles. The van der Waals surface area contributed by atoms with E-state index in [-0.39, 0.29) is 17.8 Å². The third kappa shape index (κ3) is 2.43. The molecule has 2 heterocycles. The Balaban J connectivity index is 2.37. The molecule has 0 amide bonds. The Bertz CT molecular complexity index is 666. The molecule has 0 unspecified atom stereocenters. The van der Waals surface area contributed by atoms with Crippen molar-refractivity contribution in [3.05, 3.63) is 49.2 Å². The van der Waals surface area contributed by atoms with Gasteiger partial charge in [0.1, 0.15) is 0 Å². The molecule has 0 N–H and O–H groups in total. The number of nitrogens with zero attached hydrogens (tertiary/aromatic N) is 3. The lowest BCUT2D eigenvalue weighted by atomic mass is 10.2. The lowest BCUT2D eigenvalue weighted by molar-refractivity contribution is 0.631. The molecule has 0 spiro atoms. The highest BCUT2D eigenvalue weighted by Crippen LogP contribution is 2.19. The van der Waals surface area contributed by atoms with Crippen molar-refractivity contribution in [2.24, 2.45) is 7.05 Å². The van der Waals surface area contributed by atoms with Crippen LogP contribution in [0.4, 0.5) is 0 Å². The van der Waals surface area contributed by atoms with Gasteiger partial charge in [-0.2, -0.15) is 0 Å². The summed E-state index contributed by atoms with van der Waals surface area (Å²) in [5, 5.41) is 2.92. The van der Waals surface area contributed by atoms with Crippen LogP contribution in [0.15, 0.2) is 27.2 Å². The lowest BCUT2D eigenvalue weighted by Gasteiger charge is -2.04. The van der Waals surface area contributed by atoms with E-state index in [1.54, 1.807) is 18.4 Å². The average molecular weight is 265 g/mol. The maximum absolute atomic E-state index is 11.8. The summed E-state index contributed by atoms with van der Waals surface area (Å²) in [4.78, 5) is 27.9. The number of aromatic nitrogens is 3. The Morgan fingerprint density at radius 2 is 2.11 bits per heavy atom. The second-order valence-electron chi connectivity index (χ2n) is 4.47. The van der Waals surface area contributed by atoms with Gasteiger partial charge in [0.05, 0.1) is 17.2 Å². The highest BCUT2D eigenvalue weighted by Gasteiger charge is 2.09. The van der Waals surface area contributed by atoms with E-state index in [4.69, 9.17) is 0 Å². The van der Waals surface area contributed by atoms with E-state index < -0.39 is 0 Å². The fourth-order valence-electron chi connectivity index (χ4n) is 1.58. The van der Waals surface area contributed by atoms with E-state index in [0.29, 0.717) is 5.92 Å². The maximum atomic E-state index is 11.8. The molecule has 0 aromatic carbocycles. The highest BCUT2D eigenvalue weighted by molar-refractivity contribution is 7.09. The Morgan fingerprint density at radius 1 is 1.39 bits per heavy atom. The van der Waals surface area contributed by atoms with E-state index in [2.05, 4.69) is 18.8 Å². The molecular formula is C12H15N3O2S. The van der Waals surface area contributed by atoms with Crippen molar-refractivity contribution in [3.63, 3.8) is 0 Å². The largest absolute Gasteiger partial charge is 0.331 e. The molecule has 0 saturated carbocycles. The van der Waals surface area contributed by atoms with E-state index in [1.165, 1.54) is 21.4 Å². The van der Waals surface area contributed by atoms with Crippen LogP contribution in [0.2, 0.25) is 0 Å². The molecule has 5 nitrogen and oxygen atoms in total. The Morgan fingerprint density at radius 3 is 2.72 bits per heavy atom. The molecule has 0 saturated heterocycles. The monoisotopic (exact) mass is 265 g/mol. The van der Waals surface area contributed by atoms with Crippen LogP contribution in [0, 0.1) is 0 Å². The summed E-state index contributed by atoms with van der Waals surface area (Å²) in [6, 6.07) is 1.39. The fourth-order valence-corrected chi connectivity index (χ4v) is 2.41. The van der Waals surface area contributed by atoms with Gasteiger partial charge in [-0.3, -0.25) is 9.36 Å². The molecule has 2 rings (SSSR count). The van der Waals surface area contributed by atoms with Crippen molar-refractivity contribution in [2.45, 2.75) is 26.3 Å². The van der Waals surface area contributed by atoms with Crippen molar-refractivity contribution < 1.29 is 0 Å². The van der Waals surface area contributed by atoms with Gasteiger partial charge < -0.3 is 4.57 Å². The molecule has 0 fully saturated rings. The minimum atomic E-state index is -0.318. The van der Waals surface area contributed by atoms with Gasteiger partial charge in [-0.15, -0.1) is 11.3 Å². The first-order valence-corrected chi connectivity index (χ1v) is 6.58. The molecule has 6 heteroatoms. The van der Waals surface area contributed by atoms with Gasteiger partial charge in [0.15, 0.2) is 0 Å². The van der Waals surface area contributed by atoms with Crippen LogP contribution in [-0.2, 0) is 13.6 Å². The zero-order valence-corrected chi connectivity index (χ0v) is 11.4. The first kappa shape index (κ1) is 12.8. The van der Waals surface area contributed by atoms with Gasteiger partial charge in [0.25, 0.3) is 5.56 Å². The number of hydrogen-bond acceptors (Lipinski definition) is 4. The first-order chi connectivity index (χ1) is 8.49. The third-order valence-corrected chi connectivity index (χ3v) is 3.82. The zero-order valence-electron chi connectivity index (χ0n) is 10.6. The van der Waals surface area contributed by atoms with Gasteiger partial charge in [0, 0.05) is 30.6 Å². The van der Waals surface area contributed by atoms with Crippen LogP contribution < -0.4 is 11.2 Å². The van der Waals surface area contributed by atoms with Crippen molar-refractivity contribution in [1.82, 2.24) is 14.1 Å². The van der Waals surface area contributed by atoms with Gasteiger partial charge in [-0.25, -0.2) is 9.78 Å². The Labute approximate surface area is 108 Å². The van der Waals surface area contributed by atoms with Gasteiger partial charge in [-0.05, 0) is 0 Å². The fraction of sp³-hybridized carbons (Fsp3) is 0.417. The van der Waals surface area contributed by atoms with Crippen molar-refractivity contribution in [2.75, 3.05) is 0 Å². The molecule has 2 aromatic rings. The molecule has 0 radical (unpaired) electrons. The van der Waals surface area contributed by atoms with Crippen LogP contribution in [0.3, 0.4) is 0 Å². The SMILES string of the molecule is CC(C)c1nc(Cn2c(=O)ccn(C)c2=O)cs1. The summed E-state index contributed by atoms with van der Waals surface area (Å²) in [5.41, 5.74) is 0.146. The molecule has 0 aliphatic carbocycles. The maximum Gasteiger partial charge on any atom is 0.331 e.